The summed E-state index contributed by atoms with van der Waals surface area (Å²) in [6.07, 6.45) is 1.89. The van der Waals surface area contributed by atoms with Crippen molar-refractivity contribution < 1.29 is 14.6 Å². The molecule has 3 nitrogen and oxygen atoms in total. The molecule has 2 aliphatic rings. The van der Waals surface area contributed by atoms with Gasteiger partial charge in [0, 0.05) is 18.9 Å². The first-order valence-corrected chi connectivity index (χ1v) is 4.65. The fourth-order valence-corrected chi connectivity index (χ4v) is 2.38. The first-order valence-electron chi connectivity index (χ1n) is 4.65. The van der Waals surface area contributed by atoms with E-state index in [-0.39, 0.29) is 12.4 Å². The minimum Gasteiger partial charge on any atom is -0.396 e. The fraction of sp³-hybridized carbons (Fsp3) is 1.00. The summed E-state index contributed by atoms with van der Waals surface area (Å²) in [4.78, 5) is 0. The summed E-state index contributed by atoms with van der Waals surface area (Å²) in [6, 6.07) is 0. The van der Waals surface area contributed by atoms with Gasteiger partial charge in [0.1, 0.15) is 0 Å². The van der Waals surface area contributed by atoms with Gasteiger partial charge in [-0.3, -0.25) is 0 Å². The molecule has 2 fully saturated rings. The van der Waals surface area contributed by atoms with Gasteiger partial charge in [0.25, 0.3) is 0 Å². The van der Waals surface area contributed by atoms with E-state index in [2.05, 4.69) is 6.92 Å². The molecule has 3 heteroatoms. The lowest BCUT2D eigenvalue weighted by molar-refractivity contribution is -0.179. The molecule has 0 aromatic rings. The minimum absolute atomic E-state index is 0.263. The van der Waals surface area contributed by atoms with Gasteiger partial charge in [-0.2, -0.15) is 0 Å². The van der Waals surface area contributed by atoms with Gasteiger partial charge in [-0.25, -0.2) is 0 Å². The summed E-state index contributed by atoms with van der Waals surface area (Å²) < 4.78 is 11.2. The minimum atomic E-state index is -0.340. The van der Waals surface area contributed by atoms with Gasteiger partial charge < -0.3 is 14.6 Å². The van der Waals surface area contributed by atoms with Crippen LogP contribution in [0.3, 0.4) is 0 Å². The Hall–Kier alpha value is -0.120. The van der Waals surface area contributed by atoms with Crippen LogP contribution in [-0.4, -0.2) is 30.7 Å². The van der Waals surface area contributed by atoms with Gasteiger partial charge in [-0.1, -0.05) is 6.92 Å². The third-order valence-corrected chi connectivity index (χ3v) is 3.05. The van der Waals surface area contributed by atoms with Crippen LogP contribution < -0.4 is 0 Å². The molecule has 1 spiro atoms. The topological polar surface area (TPSA) is 38.7 Å². The van der Waals surface area contributed by atoms with Crippen LogP contribution in [0.15, 0.2) is 0 Å². The van der Waals surface area contributed by atoms with Crippen LogP contribution in [0.4, 0.5) is 0 Å². The van der Waals surface area contributed by atoms with Gasteiger partial charge in [0.2, 0.25) is 0 Å². The van der Waals surface area contributed by atoms with Crippen LogP contribution in [0.1, 0.15) is 19.8 Å². The van der Waals surface area contributed by atoms with Crippen molar-refractivity contribution in [2.24, 2.45) is 11.8 Å². The van der Waals surface area contributed by atoms with E-state index in [1.165, 1.54) is 0 Å². The van der Waals surface area contributed by atoms with Crippen LogP contribution in [0.25, 0.3) is 0 Å². The highest BCUT2D eigenvalue weighted by atomic mass is 16.7. The van der Waals surface area contributed by atoms with E-state index in [9.17, 15) is 0 Å². The SMILES string of the molecule is CC1CC(CO)CC12OCCO2. The van der Waals surface area contributed by atoms with Crippen molar-refractivity contribution in [2.45, 2.75) is 25.6 Å². The maximum absolute atomic E-state index is 9.02. The molecule has 0 bridgehead atoms. The highest BCUT2D eigenvalue weighted by molar-refractivity contribution is 4.90. The van der Waals surface area contributed by atoms with Crippen molar-refractivity contribution in [3.63, 3.8) is 0 Å². The number of aliphatic hydroxyl groups is 1. The highest BCUT2D eigenvalue weighted by Gasteiger charge is 2.49. The Bertz CT molecular complexity index is 163. The lowest BCUT2D eigenvalue weighted by Gasteiger charge is -2.26. The molecule has 1 saturated carbocycles. The van der Waals surface area contributed by atoms with E-state index in [1.54, 1.807) is 0 Å². The van der Waals surface area contributed by atoms with Crippen molar-refractivity contribution in [2.75, 3.05) is 19.8 Å². The summed E-state index contributed by atoms with van der Waals surface area (Å²) in [5.41, 5.74) is 0. The average molecular weight is 172 g/mol. The van der Waals surface area contributed by atoms with Gasteiger partial charge >= 0.3 is 0 Å². The Morgan fingerprint density at radius 1 is 1.42 bits per heavy atom. The second kappa shape index (κ2) is 2.98. The summed E-state index contributed by atoms with van der Waals surface area (Å²) in [5, 5.41) is 9.02. The Kier molecular flexibility index (Phi) is 2.10. The van der Waals surface area contributed by atoms with Crippen LogP contribution in [0.5, 0.6) is 0 Å². The van der Waals surface area contributed by atoms with Crippen molar-refractivity contribution in [3.8, 4) is 0 Å². The average Bonchev–Trinajstić information content (AvgIpc) is 2.63. The monoisotopic (exact) mass is 172 g/mol. The zero-order valence-corrected chi connectivity index (χ0v) is 7.45. The summed E-state index contributed by atoms with van der Waals surface area (Å²) in [7, 11) is 0. The summed E-state index contributed by atoms with van der Waals surface area (Å²) in [6.45, 7) is 3.82. The van der Waals surface area contributed by atoms with Gasteiger partial charge in [-0.05, 0) is 12.3 Å². The molecule has 2 unspecified atom stereocenters. The molecule has 2 rings (SSSR count). The predicted molar refractivity (Wildman–Crippen MR) is 43.6 cm³/mol. The molecule has 1 N–H and O–H groups in total. The number of hydrogen-bond donors (Lipinski definition) is 1. The van der Waals surface area contributed by atoms with Gasteiger partial charge in [0.05, 0.1) is 13.2 Å². The second-order valence-corrected chi connectivity index (χ2v) is 3.90. The molecule has 0 aromatic heterocycles. The molecule has 12 heavy (non-hydrogen) atoms. The smallest absolute Gasteiger partial charge is 0.171 e. The molecule has 1 saturated heterocycles. The summed E-state index contributed by atoms with van der Waals surface area (Å²) >= 11 is 0. The third kappa shape index (κ3) is 1.16. The molecule has 70 valence electrons. The Balaban J connectivity index is 2.06. The Labute approximate surface area is 72.7 Å². The van der Waals surface area contributed by atoms with E-state index in [0.717, 1.165) is 12.8 Å². The Morgan fingerprint density at radius 3 is 2.58 bits per heavy atom. The van der Waals surface area contributed by atoms with Crippen molar-refractivity contribution in [3.05, 3.63) is 0 Å². The van der Waals surface area contributed by atoms with E-state index in [0.29, 0.717) is 25.0 Å². The van der Waals surface area contributed by atoms with Crippen molar-refractivity contribution >= 4 is 0 Å². The van der Waals surface area contributed by atoms with Crippen molar-refractivity contribution in [1.29, 1.82) is 0 Å². The normalized spacial score (nSPS) is 39.5. The molecule has 0 amide bonds. The largest absolute Gasteiger partial charge is 0.396 e. The molecule has 0 aromatic carbocycles. The lowest BCUT2D eigenvalue weighted by atomic mass is 10.1. The number of aliphatic hydroxyl groups excluding tert-OH is 1. The van der Waals surface area contributed by atoms with Crippen LogP contribution >= 0.6 is 0 Å². The van der Waals surface area contributed by atoms with E-state index in [4.69, 9.17) is 14.6 Å². The third-order valence-electron chi connectivity index (χ3n) is 3.05. The standard InChI is InChI=1S/C9H16O3/c1-7-4-8(6-10)5-9(7)11-2-3-12-9/h7-8,10H,2-6H2,1H3. The van der Waals surface area contributed by atoms with E-state index >= 15 is 0 Å². The number of hydrogen-bond acceptors (Lipinski definition) is 3. The first kappa shape index (κ1) is 8.48. The zero-order chi connectivity index (χ0) is 8.60. The molecule has 1 aliphatic heterocycles. The van der Waals surface area contributed by atoms with Gasteiger partial charge in [0.15, 0.2) is 5.79 Å². The zero-order valence-electron chi connectivity index (χ0n) is 7.45. The van der Waals surface area contributed by atoms with Crippen LogP contribution in [0, 0.1) is 11.8 Å². The molecule has 2 atom stereocenters. The van der Waals surface area contributed by atoms with E-state index in [1.807, 2.05) is 0 Å². The number of rotatable bonds is 1. The lowest BCUT2D eigenvalue weighted by Crippen LogP contribution is -2.32. The second-order valence-electron chi connectivity index (χ2n) is 3.90. The van der Waals surface area contributed by atoms with Crippen LogP contribution in [0.2, 0.25) is 0 Å². The first-order chi connectivity index (χ1) is 5.77. The van der Waals surface area contributed by atoms with E-state index < -0.39 is 0 Å². The highest BCUT2D eigenvalue weighted by Crippen LogP contribution is 2.44. The van der Waals surface area contributed by atoms with Crippen LogP contribution in [-0.2, 0) is 9.47 Å². The van der Waals surface area contributed by atoms with Gasteiger partial charge in [-0.15, -0.1) is 0 Å². The fourth-order valence-electron chi connectivity index (χ4n) is 2.38. The quantitative estimate of drug-likeness (QED) is 0.635. The maximum Gasteiger partial charge on any atom is 0.171 e. The van der Waals surface area contributed by atoms with Crippen molar-refractivity contribution in [1.82, 2.24) is 0 Å². The molecule has 0 radical (unpaired) electrons. The molecule has 1 heterocycles. The molecular weight excluding hydrogens is 156 g/mol. The summed E-state index contributed by atoms with van der Waals surface area (Å²) in [5.74, 6) is 0.461. The molecular formula is C9H16O3. The Morgan fingerprint density at radius 2 is 2.08 bits per heavy atom. The number of ether oxygens (including phenoxy) is 2. The molecule has 1 aliphatic carbocycles. The predicted octanol–water partition coefficient (Wildman–Crippen LogP) is 0.768. The maximum atomic E-state index is 9.02.